The van der Waals surface area contributed by atoms with Gasteiger partial charge in [-0.1, -0.05) is 6.92 Å². The van der Waals surface area contributed by atoms with Crippen molar-refractivity contribution in [3.8, 4) is 0 Å². The summed E-state index contributed by atoms with van der Waals surface area (Å²) in [6, 6.07) is 0. The molecule has 0 bridgehead atoms. The Labute approximate surface area is 140 Å². The van der Waals surface area contributed by atoms with Gasteiger partial charge >= 0.3 is 13.6 Å². The van der Waals surface area contributed by atoms with Crippen LogP contribution in [0.25, 0.3) is 0 Å². The smallest absolute Gasteiger partial charge is 0.341 e. The fourth-order valence-corrected chi connectivity index (χ4v) is 4.19. The molecule has 0 saturated carbocycles. The molecule has 0 aromatic rings. The minimum atomic E-state index is -3.29. The van der Waals surface area contributed by atoms with E-state index in [4.69, 9.17) is 13.8 Å². The molecule has 1 aliphatic rings. The number of carbonyl (C=O) groups is 2. The summed E-state index contributed by atoms with van der Waals surface area (Å²) < 4.78 is 37.1. The Hall–Kier alpha value is -0.560. The molecule has 0 radical (unpaired) electrons. The Morgan fingerprint density at radius 2 is 1.65 bits per heavy atom. The lowest BCUT2D eigenvalue weighted by molar-refractivity contribution is -0.140. The van der Waals surface area contributed by atoms with Crippen LogP contribution in [0.1, 0.15) is 40.0 Å². The van der Waals surface area contributed by atoms with Crippen molar-refractivity contribution >= 4 is 30.1 Å². The molecule has 0 unspecified atom stereocenters. The molecular formula is C14H27O7PS. The molecule has 1 heterocycles. The number of ether oxygens (including phenoxy) is 1. The van der Waals surface area contributed by atoms with Crippen LogP contribution in [0.2, 0.25) is 0 Å². The summed E-state index contributed by atoms with van der Waals surface area (Å²) in [5.74, 6) is 0.921. The first-order valence-corrected chi connectivity index (χ1v) is 11.0. The Morgan fingerprint density at radius 1 is 1.13 bits per heavy atom. The molecule has 0 atom stereocenters. The van der Waals surface area contributed by atoms with Gasteiger partial charge < -0.3 is 13.8 Å². The van der Waals surface area contributed by atoms with Gasteiger partial charge in [-0.2, -0.15) is 0 Å². The van der Waals surface area contributed by atoms with Crippen molar-refractivity contribution in [1.29, 1.82) is 0 Å². The van der Waals surface area contributed by atoms with E-state index >= 15 is 0 Å². The van der Waals surface area contributed by atoms with Crippen LogP contribution in [-0.2, 0) is 38.7 Å². The zero-order valence-electron chi connectivity index (χ0n) is 14.1. The van der Waals surface area contributed by atoms with Gasteiger partial charge in [-0.25, -0.2) is 0 Å². The monoisotopic (exact) mass is 370 g/mol. The molecular weight excluding hydrogens is 343 g/mol. The molecule has 0 aromatic carbocycles. The summed E-state index contributed by atoms with van der Waals surface area (Å²) in [6.45, 7) is 6.11. The fourth-order valence-electron chi connectivity index (χ4n) is 1.62. The highest BCUT2D eigenvalue weighted by Crippen LogP contribution is 2.47. The van der Waals surface area contributed by atoms with E-state index in [1.165, 1.54) is 0 Å². The quantitative estimate of drug-likeness (QED) is 0.478. The van der Waals surface area contributed by atoms with E-state index < -0.39 is 24.4 Å². The van der Waals surface area contributed by atoms with Gasteiger partial charge in [-0.3, -0.25) is 18.4 Å². The SMILES string of the molecule is CCCOC(=O)CP(=O)(OCC)OCC.O=C1CCS(=O)CC1. The highest BCUT2D eigenvalue weighted by atomic mass is 32.2. The van der Waals surface area contributed by atoms with Crippen LogP contribution < -0.4 is 0 Å². The van der Waals surface area contributed by atoms with E-state index in [9.17, 15) is 18.4 Å². The van der Waals surface area contributed by atoms with Gasteiger partial charge in [0.25, 0.3) is 0 Å². The number of ketones is 1. The lowest BCUT2D eigenvalue weighted by atomic mass is 10.2. The first kappa shape index (κ1) is 22.4. The molecule has 0 aromatic heterocycles. The second-order valence-electron chi connectivity index (χ2n) is 4.71. The predicted molar refractivity (Wildman–Crippen MR) is 89.1 cm³/mol. The minimum absolute atomic E-state index is 0.248. The van der Waals surface area contributed by atoms with Gasteiger partial charge in [0.05, 0.1) is 19.8 Å². The Kier molecular flexibility index (Phi) is 12.5. The maximum atomic E-state index is 11.8. The molecule has 0 aliphatic carbocycles. The van der Waals surface area contributed by atoms with Crippen LogP contribution >= 0.6 is 7.60 Å². The van der Waals surface area contributed by atoms with Crippen LogP contribution in [-0.4, -0.2) is 53.4 Å². The number of rotatable bonds is 8. The number of Topliss-reactive ketones (excluding diaryl/α,β-unsaturated/α-hetero) is 1. The third-order valence-electron chi connectivity index (χ3n) is 2.66. The van der Waals surface area contributed by atoms with Gasteiger partial charge in [0.1, 0.15) is 11.9 Å². The first-order valence-electron chi connectivity index (χ1n) is 7.77. The Bertz CT molecular complexity index is 401. The van der Waals surface area contributed by atoms with Crippen molar-refractivity contribution in [2.75, 3.05) is 37.5 Å². The predicted octanol–water partition coefficient (Wildman–Crippen LogP) is 2.30. The van der Waals surface area contributed by atoms with Crippen LogP contribution in [0, 0.1) is 0 Å². The molecule has 7 nitrogen and oxygen atoms in total. The van der Waals surface area contributed by atoms with Gasteiger partial charge in [0.2, 0.25) is 0 Å². The summed E-state index contributed by atoms with van der Waals surface area (Å²) >= 11 is 0. The van der Waals surface area contributed by atoms with Crippen molar-refractivity contribution in [3.05, 3.63) is 0 Å². The first-order chi connectivity index (χ1) is 10.9. The van der Waals surface area contributed by atoms with Crippen LogP contribution in [0.4, 0.5) is 0 Å². The second-order valence-corrected chi connectivity index (χ2v) is 8.46. The Morgan fingerprint density at radius 3 is 2.04 bits per heavy atom. The number of hydrogen-bond donors (Lipinski definition) is 0. The number of carbonyl (C=O) groups excluding carboxylic acids is 2. The van der Waals surface area contributed by atoms with E-state index in [-0.39, 0.29) is 25.2 Å². The topological polar surface area (TPSA) is 96.0 Å². The zero-order valence-corrected chi connectivity index (χ0v) is 15.8. The molecule has 0 spiro atoms. The van der Waals surface area contributed by atoms with Crippen molar-refractivity contribution in [3.63, 3.8) is 0 Å². The van der Waals surface area contributed by atoms with E-state index in [1.54, 1.807) is 13.8 Å². The average molecular weight is 370 g/mol. The van der Waals surface area contributed by atoms with Crippen molar-refractivity contribution in [1.82, 2.24) is 0 Å². The summed E-state index contributed by atoms with van der Waals surface area (Å²) in [5.41, 5.74) is 0. The Balaban J connectivity index is 0.000000502. The zero-order chi connectivity index (χ0) is 17.7. The van der Waals surface area contributed by atoms with Crippen LogP contribution in [0.15, 0.2) is 0 Å². The van der Waals surface area contributed by atoms with Crippen molar-refractivity contribution in [2.24, 2.45) is 0 Å². The van der Waals surface area contributed by atoms with E-state index in [2.05, 4.69) is 0 Å². The largest absolute Gasteiger partial charge is 0.465 e. The standard InChI is InChI=1S/C9H19O5P.C5H8O2S/c1-4-7-12-9(10)8-15(11,13-5-2)14-6-3;6-5-1-3-8(7)4-2-5/h4-8H2,1-3H3;1-4H2. The van der Waals surface area contributed by atoms with Crippen molar-refractivity contribution < 1.29 is 32.1 Å². The maximum absolute atomic E-state index is 11.8. The van der Waals surface area contributed by atoms with E-state index in [0.717, 1.165) is 6.42 Å². The molecule has 0 N–H and O–H groups in total. The molecule has 0 amide bonds. The van der Waals surface area contributed by atoms with Crippen LogP contribution in [0.3, 0.4) is 0 Å². The van der Waals surface area contributed by atoms with Gasteiger partial charge in [-0.15, -0.1) is 0 Å². The molecule has 1 fully saturated rings. The van der Waals surface area contributed by atoms with E-state index in [1.807, 2.05) is 6.92 Å². The van der Waals surface area contributed by atoms with Crippen molar-refractivity contribution in [2.45, 2.75) is 40.0 Å². The van der Waals surface area contributed by atoms with Gasteiger partial charge in [0.15, 0.2) is 0 Å². The molecule has 23 heavy (non-hydrogen) atoms. The normalized spacial score (nSPS) is 15.7. The molecule has 1 rings (SSSR count). The number of hydrogen-bond acceptors (Lipinski definition) is 7. The lowest BCUT2D eigenvalue weighted by Gasteiger charge is -2.15. The average Bonchev–Trinajstić information content (AvgIpc) is 2.49. The van der Waals surface area contributed by atoms with Crippen LogP contribution in [0.5, 0.6) is 0 Å². The summed E-state index contributed by atoms with van der Waals surface area (Å²) in [6.07, 6.45) is 1.49. The summed E-state index contributed by atoms with van der Waals surface area (Å²) in [7, 11) is -3.97. The molecule has 136 valence electrons. The third kappa shape index (κ3) is 11.6. The molecule has 9 heteroatoms. The second kappa shape index (κ2) is 12.8. The summed E-state index contributed by atoms with van der Waals surface area (Å²) in [4.78, 5) is 21.7. The lowest BCUT2D eigenvalue weighted by Crippen LogP contribution is -2.17. The van der Waals surface area contributed by atoms with E-state index in [0.29, 0.717) is 31.0 Å². The number of esters is 1. The highest BCUT2D eigenvalue weighted by Gasteiger charge is 2.28. The minimum Gasteiger partial charge on any atom is -0.465 e. The third-order valence-corrected chi connectivity index (χ3v) is 5.93. The molecule has 1 aliphatic heterocycles. The van der Waals surface area contributed by atoms with Gasteiger partial charge in [-0.05, 0) is 20.3 Å². The highest BCUT2D eigenvalue weighted by molar-refractivity contribution is 7.85. The maximum Gasteiger partial charge on any atom is 0.341 e. The fraction of sp³-hybridized carbons (Fsp3) is 0.857. The van der Waals surface area contributed by atoms with Gasteiger partial charge in [0, 0.05) is 35.1 Å². The molecule has 1 saturated heterocycles. The summed E-state index contributed by atoms with van der Waals surface area (Å²) in [5, 5.41) is 0.